The van der Waals surface area contributed by atoms with Crippen LogP contribution in [0.15, 0.2) is 0 Å². The molecule has 0 bridgehead atoms. The molecule has 1 fully saturated rings. The predicted octanol–water partition coefficient (Wildman–Crippen LogP) is -0.0583. The molecular formula is C14H25N3O4. The van der Waals surface area contributed by atoms with Crippen molar-refractivity contribution < 1.29 is 19.5 Å². The molecule has 1 rings (SSSR count). The van der Waals surface area contributed by atoms with Crippen LogP contribution in [-0.4, -0.2) is 53.0 Å². The van der Waals surface area contributed by atoms with Gasteiger partial charge in [-0.15, -0.1) is 0 Å². The maximum Gasteiger partial charge on any atom is 0.303 e. The maximum atomic E-state index is 12.1. The number of nitrogens with one attached hydrogen (secondary N) is 1. The number of carbonyl (C=O) groups is 3. The van der Waals surface area contributed by atoms with Gasteiger partial charge in [0.05, 0.1) is 6.04 Å². The lowest BCUT2D eigenvalue weighted by Gasteiger charge is -2.34. The Morgan fingerprint density at radius 3 is 2.33 bits per heavy atom. The zero-order valence-electron chi connectivity index (χ0n) is 12.7. The zero-order valence-corrected chi connectivity index (χ0v) is 12.7. The van der Waals surface area contributed by atoms with E-state index in [0.717, 1.165) is 0 Å². The Morgan fingerprint density at radius 1 is 1.29 bits per heavy atom. The molecule has 7 nitrogen and oxygen atoms in total. The molecule has 0 spiro atoms. The van der Waals surface area contributed by atoms with Crippen molar-refractivity contribution in [1.29, 1.82) is 0 Å². The van der Waals surface area contributed by atoms with Gasteiger partial charge >= 0.3 is 5.97 Å². The van der Waals surface area contributed by atoms with Crippen molar-refractivity contribution in [1.82, 2.24) is 10.2 Å². The number of rotatable bonds is 6. The van der Waals surface area contributed by atoms with Crippen molar-refractivity contribution >= 4 is 17.8 Å². The molecule has 0 saturated carbocycles. The molecule has 1 heterocycles. The summed E-state index contributed by atoms with van der Waals surface area (Å²) >= 11 is 0. The number of aliphatic carboxylic acids is 1. The van der Waals surface area contributed by atoms with E-state index in [2.05, 4.69) is 5.32 Å². The quantitative estimate of drug-likeness (QED) is 0.636. The molecule has 1 saturated heterocycles. The second-order valence-electron chi connectivity index (χ2n) is 5.80. The molecule has 21 heavy (non-hydrogen) atoms. The summed E-state index contributed by atoms with van der Waals surface area (Å²) in [5, 5.41) is 11.6. The summed E-state index contributed by atoms with van der Waals surface area (Å²) < 4.78 is 0. The topological polar surface area (TPSA) is 113 Å². The first-order chi connectivity index (χ1) is 9.81. The fourth-order valence-corrected chi connectivity index (χ4v) is 2.25. The van der Waals surface area contributed by atoms with Crippen LogP contribution >= 0.6 is 0 Å². The molecule has 0 aromatic rings. The Bertz CT molecular complexity index is 390. The minimum absolute atomic E-state index is 0.0259. The zero-order chi connectivity index (χ0) is 16.0. The molecule has 0 aromatic carbocycles. The SMILES string of the molecule is CC(C)C(=O)NC1CCN(C(=O)C(N)CCC(=O)O)CC1. The van der Waals surface area contributed by atoms with Gasteiger partial charge in [-0.25, -0.2) is 0 Å². The van der Waals surface area contributed by atoms with Crippen LogP contribution in [-0.2, 0) is 14.4 Å². The highest BCUT2D eigenvalue weighted by atomic mass is 16.4. The number of carboxylic acid groups (broad SMARTS) is 1. The number of nitrogens with zero attached hydrogens (tertiary/aromatic N) is 1. The van der Waals surface area contributed by atoms with Crippen molar-refractivity contribution in [2.75, 3.05) is 13.1 Å². The van der Waals surface area contributed by atoms with Crippen LogP contribution < -0.4 is 11.1 Å². The molecule has 0 aliphatic carbocycles. The van der Waals surface area contributed by atoms with Gasteiger partial charge in [0.1, 0.15) is 0 Å². The lowest BCUT2D eigenvalue weighted by molar-refractivity contribution is -0.137. The van der Waals surface area contributed by atoms with Crippen molar-refractivity contribution in [3.63, 3.8) is 0 Å². The van der Waals surface area contributed by atoms with Gasteiger partial charge in [-0.2, -0.15) is 0 Å². The summed E-state index contributed by atoms with van der Waals surface area (Å²) in [4.78, 5) is 35.8. The van der Waals surface area contributed by atoms with E-state index in [0.29, 0.717) is 25.9 Å². The summed E-state index contributed by atoms with van der Waals surface area (Å²) in [5.41, 5.74) is 5.73. The van der Waals surface area contributed by atoms with Crippen molar-refractivity contribution in [2.45, 2.75) is 51.6 Å². The molecule has 2 amide bonds. The first-order valence-electron chi connectivity index (χ1n) is 7.37. The summed E-state index contributed by atoms with van der Waals surface area (Å²) in [5.74, 6) is -1.18. The van der Waals surface area contributed by atoms with Crippen LogP contribution in [0, 0.1) is 5.92 Å². The van der Waals surface area contributed by atoms with Gasteiger partial charge in [-0.1, -0.05) is 13.8 Å². The molecule has 120 valence electrons. The van der Waals surface area contributed by atoms with Gasteiger partial charge in [0, 0.05) is 31.5 Å². The molecule has 0 radical (unpaired) electrons. The minimum Gasteiger partial charge on any atom is -0.481 e. The summed E-state index contributed by atoms with van der Waals surface area (Å²) in [6.45, 7) is 4.77. The lowest BCUT2D eigenvalue weighted by atomic mass is 10.0. The molecule has 1 atom stereocenters. The number of nitrogens with two attached hydrogens (primary N) is 1. The molecule has 0 aromatic heterocycles. The summed E-state index contributed by atoms with van der Waals surface area (Å²) in [6.07, 6.45) is 1.46. The summed E-state index contributed by atoms with van der Waals surface area (Å²) in [7, 11) is 0. The monoisotopic (exact) mass is 299 g/mol. The van der Waals surface area contributed by atoms with E-state index in [1.165, 1.54) is 0 Å². The maximum absolute atomic E-state index is 12.1. The Labute approximate surface area is 124 Å². The third kappa shape index (κ3) is 5.71. The smallest absolute Gasteiger partial charge is 0.303 e. The second-order valence-corrected chi connectivity index (χ2v) is 5.80. The average molecular weight is 299 g/mol. The number of carboxylic acids is 1. The normalized spacial score (nSPS) is 17.6. The van der Waals surface area contributed by atoms with Crippen LogP contribution in [0.4, 0.5) is 0 Å². The third-order valence-electron chi connectivity index (χ3n) is 3.66. The van der Waals surface area contributed by atoms with Crippen LogP contribution in [0.5, 0.6) is 0 Å². The van der Waals surface area contributed by atoms with E-state index in [9.17, 15) is 14.4 Å². The molecule has 1 unspecified atom stereocenters. The molecule has 7 heteroatoms. The van der Waals surface area contributed by atoms with Crippen LogP contribution in [0.2, 0.25) is 0 Å². The van der Waals surface area contributed by atoms with Crippen molar-refractivity contribution in [2.24, 2.45) is 11.7 Å². The van der Waals surface area contributed by atoms with E-state index < -0.39 is 12.0 Å². The highest BCUT2D eigenvalue weighted by Gasteiger charge is 2.27. The van der Waals surface area contributed by atoms with Crippen molar-refractivity contribution in [3.8, 4) is 0 Å². The number of piperidine rings is 1. The Balaban J connectivity index is 2.36. The van der Waals surface area contributed by atoms with E-state index in [-0.39, 0.29) is 36.6 Å². The number of amides is 2. The predicted molar refractivity (Wildman–Crippen MR) is 77.4 cm³/mol. The van der Waals surface area contributed by atoms with E-state index in [4.69, 9.17) is 10.8 Å². The van der Waals surface area contributed by atoms with E-state index in [1.54, 1.807) is 4.90 Å². The third-order valence-corrected chi connectivity index (χ3v) is 3.66. The van der Waals surface area contributed by atoms with Gasteiger partial charge in [0.25, 0.3) is 0 Å². The molecule has 1 aliphatic heterocycles. The number of hydrogen-bond acceptors (Lipinski definition) is 4. The van der Waals surface area contributed by atoms with Crippen LogP contribution in [0.3, 0.4) is 0 Å². The molecular weight excluding hydrogens is 274 g/mol. The van der Waals surface area contributed by atoms with E-state index in [1.807, 2.05) is 13.8 Å². The number of carbonyl (C=O) groups excluding carboxylic acids is 2. The standard InChI is InChI=1S/C14H25N3O4/c1-9(2)13(20)16-10-5-7-17(8-6-10)14(21)11(15)3-4-12(18)19/h9-11H,3-8,15H2,1-2H3,(H,16,20)(H,18,19). The van der Waals surface area contributed by atoms with Crippen LogP contribution in [0.1, 0.15) is 39.5 Å². The first kappa shape index (κ1) is 17.4. The van der Waals surface area contributed by atoms with Gasteiger partial charge in [-0.05, 0) is 19.3 Å². The summed E-state index contributed by atoms with van der Waals surface area (Å²) in [6, 6.07) is -0.665. The second kappa shape index (κ2) is 7.97. The van der Waals surface area contributed by atoms with Gasteiger partial charge in [0.15, 0.2) is 0 Å². The fourth-order valence-electron chi connectivity index (χ4n) is 2.25. The Kier molecular flexibility index (Phi) is 6.61. The molecule has 1 aliphatic rings. The van der Waals surface area contributed by atoms with Crippen LogP contribution in [0.25, 0.3) is 0 Å². The van der Waals surface area contributed by atoms with Crippen molar-refractivity contribution in [3.05, 3.63) is 0 Å². The fraction of sp³-hybridized carbons (Fsp3) is 0.786. The highest BCUT2D eigenvalue weighted by Crippen LogP contribution is 2.13. The molecule has 4 N–H and O–H groups in total. The lowest BCUT2D eigenvalue weighted by Crippen LogP contribution is -2.51. The average Bonchev–Trinajstić information content (AvgIpc) is 2.44. The Hall–Kier alpha value is -1.63. The first-order valence-corrected chi connectivity index (χ1v) is 7.37. The Morgan fingerprint density at radius 2 is 1.86 bits per heavy atom. The number of likely N-dealkylation sites (tertiary alicyclic amines) is 1. The van der Waals surface area contributed by atoms with Gasteiger partial charge in [0.2, 0.25) is 11.8 Å². The van der Waals surface area contributed by atoms with Gasteiger partial charge < -0.3 is 21.1 Å². The highest BCUT2D eigenvalue weighted by molar-refractivity contribution is 5.82. The van der Waals surface area contributed by atoms with E-state index >= 15 is 0 Å². The minimum atomic E-state index is -0.951. The number of hydrogen-bond donors (Lipinski definition) is 3. The van der Waals surface area contributed by atoms with Gasteiger partial charge in [-0.3, -0.25) is 14.4 Å². The largest absolute Gasteiger partial charge is 0.481 e.